The predicted molar refractivity (Wildman–Crippen MR) is 65.6 cm³/mol. The molecule has 0 radical (unpaired) electrons. The zero-order chi connectivity index (χ0) is 12.5. The summed E-state index contributed by atoms with van der Waals surface area (Å²) in [7, 11) is -4.37. The summed E-state index contributed by atoms with van der Waals surface area (Å²) < 4.78 is 34.0. The molecule has 0 bridgehead atoms. The first kappa shape index (κ1) is 15.7. The average Bonchev–Trinajstić information content (AvgIpc) is 2.29. The van der Waals surface area contributed by atoms with E-state index < -0.39 is 20.8 Å². The van der Waals surface area contributed by atoms with Crippen LogP contribution >= 0.6 is 0 Å². The molecule has 1 aromatic carbocycles. The number of hydrogen-bond acceptors (Lipinski definition) is 3. The van der Waals surface area contributed by atoms with Crippen LogP contribution in [0.25, 0.3) is 0 Å². The van der Waals surface area contributed by atoms with E-state index in [1.807, 2.05) is 30.3 Å². The van der Waals surface area contributed by atoms with E-state index in [2.05, 4.69) is 0 Å². The standard InChI is InChI=1S/C13H14O3S.Na/c1-13(11-7-3-2-4-8-11)10-6-5-9-12(13)17(14,15)16;/h2-10,12H,1H3,(H,14,15,16);/q;+1/p-1. The molecular weight excluding hydrogens is 259 g/mol. The molecule has 0 aliphatic heterocycles. The zero-order valence-electron chi connectivity index (χ0n) is 10.4. The number of benzene rings is 1. The second-order valence-electron chi connectivity index (χ2n) is 4.31. The largest absolute Gasteiger partial charge is 1.00 e. The van der Waals surface area contributed by atoms with Crippen molar-refractivity contribution in [2.75, 3.05) is 0 Å². The molecule has 0 spiro atoms. The summed E-state index contributed by atoms with van der Waals surface area (Å²) in [6, 6.07) is 9.20. The molecule has 2 rings (SSSR count). The van der Waals surface area contributed by atoms with Gasteiger partial charge >= 0.3 is 29.6 Å². The Morgan fingerprint density at radius 1 is 1.17 bits per heavy atom. The Morgan fingerprint density at radius 2 is 1.78 bits per heavy atom. The molecule has 3 nitrogen and oxygen atoms in total. The van der Waals surface area contributed by atoms with E-state index in [0.717, 1.165) is 5.56 Å². The molecule has 2 atom stereocenters. The quantitative estimate of drug-likeness (QED) is 0.512. The average molecular weight is 272 g/mol. The second-order valence-corrected chi connectivity index (χ2v) is 5.80. The van der Waals surface area contributed by atoms with Crippen LogP contribution in [0.4, 0.5) is 0 Å². The van der Waals surface area contributed by atoms with E-state index in [9.17, 15) is 13.0 Å². The molecule has 0 N–H and O–H groups in total. The van der Waals surface area contributed by atoms with Gasteiger partial charge in [-0.2, -0.15) is 0 Å². The van der Waals surface area contributed by atoms with Gasteiger partial charge in [-0.05, 0) is 5.56 Å². The summed E-state index contributed by atoms with van der Waals surface area (Å²) >= 11 is 0. The van der Waals surface area contributed by atoms with E-state index in [1.54, 1.807) is 25.2 Å². The summed E-state index contributed by atoms with van der Waals surface area (Å²) in [5.74, 6) is 0. The summed E-state index contributed by atoms with van der Waals surface area (Å²) in [5, 5.41) is -1.05. The van der Waals surface area contributed by atoms with Gasteiger partial charge in [0.1, 0.15) is 10.1 Å². The van der Waals surface area contributed by atoms with Gasteiger partial charge < -0.3 is 4.55 Å². The molecule has 0 amide bonds. The van der Waals surface area contributed by atoms with Gasteiger partial charge in [-0.25, -0.2) is 8.42 Å². The Bertz CT molecular complexity index is 563. The van der Waals surface area contributed by atoms with Crippen molar-refractivity contribution in [3.63, 3.8) is 0 Å². The third-order valence-corrected chi connectivity index (χ3v) is 4.41. The summed E-state index contributed by atoms with van der Waals surface area (Å²) in [6.07, 6.45) is 6.59. The minimum absolute atomic E-state index is 0. The molecule has 1 aliphatic carbocycles. The van der Waals surface area contributed by atoms with E-state index in [-0.39, 0.29) is 29.6 Å². The Labute approximate surface area is 130 Å². The van der Waals surface area contributed by atoms with Gasteiger partial charge in [0.2, 0.25) is 0 Å². The summed E-state index contributed by atoms with van der Waals surface area (Å²) in [4.78, 5) is 0. The van der Waals surface area contributed by atoms with Crippen LogP contribution in [0.1, 0.15) is 12.5 Å². The van der Waals surface area contributed by atoms with Crippen molar-refractivity contribution in [2.45, 2.75) is 17.6 Å². The smallest absolute Gasteiger partial charge is 0.747 e. The fourth-order valence-corrected chi connectivity index (χ4v) is 3.27. The number of hydrogen-bond donors (Lipinski definition) is 0. The van der Waals surface area contributed by atoms with Crippen molar-refractivity contribution in [1.29, 1.82) is 0 Å². The van der Waals surface area contributed by atoms with Crippen LogP contribution < -0.4 is 29.6 Å². The minimum atomic E-state index is -4.37. The van der Waals surface area contributed by atoms with Gasteiger partial charge in [-0.3, -0.25) is 0 Å². The predicted octanol–water partition coefficient (Wildman–Crippen LogP) is -1.01. The van der Waals surface area contributed by atoms with Crippen LogP contribution in [0.15, 0.2) is 54.6 Å². The molecule has 0 heterocycles. The molecule has 5 heteroatoms. The van der Waals surface area contributed by atoms with Crippen molar-refractivity contribution >= 4 is 10.1 Å². The molecule has 1 aliphatic rings. The number of allylic oxidation sites excluding steroid dienone is 3. The van der Waals surface area contributed by atoms with Crippen LogP contribution in [-0.4, -0.2) is 18.2 Å². The second kappa shape index (κ2) is 5.72. The van der Waals surface area contributed by atoms with Crippen LogP contribution in [0.5, 0.6) is 0 Å². The molecule has 0 aromatic heterocycles. The number of rotatable bonds is 2. The van der Waals surface area contributed by atoms with E-state index in [1.165, 1.54) is 6.08 Å². The molecule has 2 unspecified atom stereocenters. The summed E-state index contributed by atoms with van der Waals surface area (Å²) in [6.45, 7) is 1.77. The summed E-state index contributed by atoms with van der Waals surface area (Å²) in [5.41, 5.74) is 0.0291. The molecule has 0 saturated carbocycles. The molecule has 0 fully saturated rings. The normalized spacial score (nSPS) is 26.7. The third kappa shape index (κ3) is 2.95. The van der Waals surface area contributed by atoms with Crippen LogP contribution in [-0.2, 0) is 15.5 Å². The molecule has 0 saturated heterocycles. The maximum atomic E-state index is 11.3. The van der Waals surface area contributed by atoms with Crippen molar-refractivity contribution in [1.82, 2.24) is 0 Å². The minimum Gasteiger partial charge on any atom is -0.747 e. The Hall–Kier alpha value is -0.390. The topological polar surface area (TPSA) is 57.2 Å². The zero-order valence-corrected chi connectivity index (χ0v) is 13.2. The van der Waals surface area contributed by atoms with Gasteiger partial charge in [0.05, 0.1) is 5.25 Å². The van der Waals surface area contributed by atoms with Crippen molar-refractivity contribution in [3.05, 3.63) is 60.2 Å². The fourth-order valence-electron chi connectivity index (χ4n) is 2.17. The monoisotopic (exact) mass is 272 g/mol. The van der Waals surface area contributed by atoms with Crippen LogP contribution in [0.3, 0.4) is 0 Å². The van der Waals surface area contributed by atoms with E-state index in [0.29, 0.717) is 0 Å². The fraction of sp³-hybridized carbons (Fsp3) is 0.231. The Balaban J connectivity index is 0.00000162. The Morgan fingerprint density at radius 3 is 2.33 bits per heavy atom. The maximum absolute atomic E-state index is 11.3. The van der Waals surface area contributed by atoms with Crippen molar-refractivity contribution in [3.8, 4) is 0 Å². The van der Waals surface area contributed by atoms with Gasteiger partial charge in [0, 0.05) is 5.41 Å². The Kier molecular flexibility index (Phi) is 4.98. The van der Waals surface area contributed by atoms with Crippen molar-refractivity contribution in [2.24, 2.45) is 0 Å². The molecular formula is C13H13NaO3S. The van der Waals surface area contributed by atoms with Gasteiger partial charge in [0.15, 0.2) is 0 Å². The maximum Gasteiger partial charge on any atom is 1.00 e. The van der Waals surface area contributed by atoms with E-state index in [4.69, 9.17) is 0 Å². The molecule has 90 valence electrons. The van der Waals surface area contributed by atoms with Gasteiger partial charge in [-0.15, -0.1) is 0 Å². The van der Waals surface area contributed by atoms with Gasteiger partial charge in [0.25, 0.3) is 0 Å². The SMILES string of the molecule is CC1(c2ccccc2)C=CC=CC1S(=O)(=O)[O-].[Na+]. The van der Waals surface area contributed by atoms with Crippen LogP contribution in [0.2, 0.25) is 0 Å². The van der Waals surface area contributed by atoms with Crippen LogP contribution in [0, 0.1) is 0 Å². The first-order chi connectivity index (χ1) is 7.94. The first-order valence-corrected chi connectivity index (χ1v) is 6.78. The first-order valence-electron chi connectivity index (χ1n) is 5.31. The van der Waals surface area contributed by atoms with Gasteiger partial charge in [-0.1, -0.05) is 61.6 Å². The molecule has 1 aromatic rings. The van der Waals surface area contributed by atoms with E-state index >= 15 is 0 Å². The van der Waals surface area contributed by atoms with Crippen molar-refractivity contribution < 1.29 is 42.5 Å². The third-order valence-electron chi connectivity index (χ3n) is 3.14. The molecule has 18 heavy (non-hydrogen) atoms.